The van der Waals surface area contributed by atoms with Crippen LogP contribution in [0.15, 0.2) is 24.5 Å². The van der Waals surface area contributed by atoms with Gasteiger partial charge in [-0.2, -0.15) is 11.8 Å². The Morgan fingerprint density at radius 3 is 3.00 bits per heavy atom. The van der Waals surface area contributed by atoms with E-state index < -0.39 is 0 Å². The van der Waals surface area contributed by atoms with Crippen molar-refractivity contribution < 1.29 is 0 Å². The van der Waals surface area contributed by atoms with Gasteiger partial charge in [-0.05, 0) is 36.7 Å². The van der Waals surface area contributed by atoms with E-state index >= 15 is 0 Å². The molecule has 0 amide bonds. The van der Waals surface area contributed by atoms with Crippen molar-refractivity contribution in [3.8, 4) is 0 Å². The van der Waals surface area contributed by atoms with Crippen molar-refractivity contribution in [1.29, 1.82) is 0 Å². The predicted molar refractivity (Wildman–Crippen MR) is 86.4 cm³/mol. The lowest BCUT2D eigenvalue weighted by Crippen LogP contribution is -2.41. The van der Waals surface area contributed by atoms with Crippen LogP contribution >= 0.6 is 24.0 Å². The molecule has 0 radical (unpaired) electrons. The molecule has 0 atom stereocenters. The van der Waals surface area contributed by atoms with Crippen LogP contribution in [0, 0.1) is 0 Å². The first-order valence-electron chi connectivity index (χ1n) is 6.85. The quantitative estimate of drug-likeness (QED) is 0.623. The van der Waals surface area contributed by atoms with Gasteiger partial charge in [0, 0.05) is 36.5 Å². The number of rotatable bonds is 6. The first-order valence-corrected chi connectivity index (χ1v) is 8.42. The van der Waals surface area contributed by atoms with Crippen LogP contribution in [0.5, 0.6) is 0 Å². The predicted octanol–water partition coefficient (Wildman–Crippen LogP) is 2.72. The molecule has 2 rings (SSSR count). The van der Waals surface area contributed by atoms with Crippen LogP contribution in [0.4, 0.5) is 0 Å². The molecule has 104 valence electrons. The molecule has 1 heterocycles. The molecule has 1 aliphatic rings. The number of nitrogens with zero attached hydrogens (tertiary/aromatic N) is 1. The molecule has 1 saturated carbocycles. The number of aromatic nitrogens is 1. The van der Waals surface area contributed by atoms with Crippen molar-refractivity contribution in [2.75, 3.05) is 12.3 Å². The summed E-state index contributed by atoms with van der Waals surface area (Å²) < 4.78 is 0. The minimum atomic E-state index is 0.600. The van der Waals surface area contributed by atoms with E-state index in [1.807, 2.05) is 30.2 Å². The molecule has 0 aromatic carbocycles. The van der Waals surface area contributed by atoms with Crippen molar-refractivity contribution in [2.45, 2.75) is 37.5 Å². The van der Waals surface area contributed by atoms with E-state index in [1.54, 1.807) is 0 Å². The second-order valence-electron chi connectivity index (χ2n) is 4.80. The van der Waals surface area contributed by atoms with Crippen molar-refractivity contribution in [3.63, 3.8) is 0 Å². The first-order chi connectivity index (χ1) is 9.34. The van der Waals surface area contributed by atoms with Crippen LogP contribution in [-0.2, 0) is 5.75 Å². The van der Waals surface area contributed by atoms with E-state index in [2.05, 4.69) is 21.7 Å². The zero-order chi connectivity index (χ0) is 13.3. The van der Waals surface area contributed by atoms with E-state index in [-0.39, 0.29) is 0 Å². The fourth-order valence-corrected chi connectivity index (χ4v) is 3.28. The van der Waals surface area contributed by atoms with Gasteiger partial charge in [-0.3, -0.25) is 4.98 Å². The second kappa shape index (κ2) is 8.38. The molecule has 0 aliphatic heterocycles. The molecule has 1 aliphatic carbocycles. The maximum atomic E-state index is 5.29. The molecule has 0 unspecified atom stereocenters. The van der Waals surface area contributed by atoms with Gasteiger partial charge >= 0.3 is 0 Å². The molecule has 19 heavy (non-hydrogen) atoms. The van der Waals surface area contributed by atoms with Crippen LogP contribution in [0.1, 0.15) is 31.2 Å². The Kier molecular flexibility index (Phi) is 6.44. The third kappa shape index (κ3) is 5.78. The molecule has 3 nitrogen and oxygen atoms in total. The maximum Gasteiger partial charge on any atom is 0.166 e. The summed E-state index contributed by atoms with van der Waals surface area (Å²) in [5.41, 5.74) is 1.28. The summed E-state index contributed by atoms with van der Waals surface area (Å²) in [4.78, 5) is 4.11. The third-order valence-corrected chi connectivity index (χ3v) is 4.51. The summed E-state index contributed by atoms with van der Waals surface area (Å²) in [5.74, 6) is 2.07. The van der Waals surface area contributed by atoms with Gasteiger partial charge in [-0.25, -0.2) is 0 Å². The highest BCUT2D eigenvalue weighted by Gasteiger charge is 2.14. The number of hydrogen-bond acceptors (Lipinski definition) is 3. The largest absolute Gasteiger partial charge is 0.362 e. The number of hydrogen-bond donors (Lipinski definition) is 2. The minimum Gasteiger partial charge on any atom is -0.362 e. The van der Waals surface area contributed by atoms with Gasteiger partial charge in [0.15, 0.2) is 5.11 Å². The van der Waals surface area contributed by atoms with E-state index in [0.717, 1.165) is 23.2 Å². The number of nitrogens with one attached hydrogen (secondary N) is 2. The average molecular weight is 295 g/mol. The molecule has 1 aromatic rings. The topological polar surface area (TPSA) is 37.0 Å². The van der Waals surface area contributed by atoms with Gasteiger partial charge in [0.2, 0.25) is 0 Å². The van der Waals surface area contributed by atoms with Crippen LogP contribution < -0.4 is 10.6 Å². The number of thioether (sulfide) groups is 1. The zero-order valence-electron chi connectivity index (χ0n) is 11.1. The van der Waals surface area contributed by atoms with E-state index in [4.69, 9.17) is 12.2 Å². The smallest absolute Gasteiger partial charge is 0.166 e. The lowest BCUT2D eigenvalue weighted by atomic mass is 10.3. The molecule has 0 spiro atoms. The molecule has 5 heteroatoms. The highest BCUT2D eigenvalue weighted by atomic mass is 32.2. The molecule has 2 N–H and O–H groups in total. The van der Waals surface area contributed by atoms with Crippen LogP contribution in [-0.4, -0.2) is 28.4 Å². The molecule has 1 aromatic heterocycles. The minimum absolute atomic E-state index is 0.600. The Balaban J connectivity index is 1.50. The van der Waals surface area contributed by atoms with Gasteiger partial charge in [-0.1, -0.05) is 18.9 Å². The van der Waals surface area contributed by atoms with Crippen LogP contribution in [0.2, 0.25) is 0 Å². The lowest BCUT2D eigenvalue weighted by Gasteiger charge is -2.15. The highest BCUT2D eigenvalue weighted by Crippen LogP contribution is 2.17. The fraction of sp³-hybridized carbons (Fsp3) is 0.571. The van der Waals surface area contributed by atoms with Gasteiger partial charge in [0.05, 0.1) is 0 Å². The Morgan fingerprint density at radius 2 is 2.26 bits per heavy atom. The summed E-state index contributed by atoms with van der Waals surface area (Å²) in [5, 5.41) is 7.48. The molecular weight excluding hydrogens is 274 g/mol. The van der Waals surface area contributed by atoms with Crippen LogP contribution in [0.25, 0.3) is 0 Å². The fourth-order valence-electron chi connectivity index (χ4n) is 2.22. The van der Waals surface area contributed by atoms with E-state index in [0.29, 0.717) is 6.04 Å². The monoisotopic (exact) mass is 295 g/mol. The Bertz CT molecular complexity index is 378. The van der Waals surface area contributed by atoms with Crippen molar-refractivity contribution in [1.82, 2.24) is 15.6 Å². The molecular formula is C14H21N3S2. The van der Waals surface area contributed by atoms with Gasteiger partial charge in [-0.15, -0.1) is 0 Å². The van der Waals surface area contributed by atoms with E-state index in [1.165, 1.54) is 31.2 Å². The van der Waals surface area contributed by atoms with Gasteiger partial charge < -0.3 is 10.6 Å². The summed E-state index contributed by atoms with van der Waals surface area (Å²) in [6.07, 6.45) is 8.92. The van der Waals surface area contributed by atoms with E-state index in [9.17, 15) is 0 Å². The zero-order valence-corrected chi connectivity index (χ0v) is 12.7. The molecule has 0 saturated heterocycles. The Morgan fingerprint density at radius 1 is 1.42 bits per heavy atom. The Hall–Kier alpha value is -0.810. The van der Waals surface area contributed by atoms with Crippen molar-refractivity contribution in [3.05, 3.63) is 30.1 Å². The number of thiocarbonyl (C=S) groups is 1. The number of pyridine rings is 1. The SMILES string of the molecule is S=C(NCCSCc1cccnc1)NC1CCCC1. The summed E-state index contributed by atoms with van der Waals surface area (Å²) in [6, 6.07) is 4.69. The van der Waals surface area contributed by atoms with Gasteiger partial charge in [0.25, 0.3) is 0 Å². The summed E-state index contributed by atoms with van der Waals surface area (Å²) in [6.45, 7) is 0.920. The van der Waals surface area contributed by atoms with Gasteiger partial charge in [0.1, 0.15) is 0 Å². The lowest BCUT2D eigenvalue weighted by molar-refractivity contribution is 0.623. The normalized spacial score (nSPS) is 15.4. The second-order valence-corrected chi connectivity index (χ2v) is 6.31. The molecule has 0 bridgehead atoms. The third-order valence-electron chi connectivity index (χ3n) is 3.21. The first kappa shape index (κ1) is 14.6. The van der Waals surface area contributed by atoms with Crippen LogP contribution in [0.3, 0.4) is 0 Å². The van der Waals surface area contributed by atoms with Crippen molar-refractivity contribution in [2.24, 2.45) is 0 Å². The maximum absolute atomic E-state index is 5.29. The standard InChI is InChI=1S/C14H21N3S2/c18-14(17-13-5-1-2-6-13)16-8-9-19-11-12-4-3-7-15-10-12/h3-4,7,10,13H,1-2,5-6,8-9,11H2,(H2,16,17,18). The van der Waals surface area contributed by atoms with Crippen molar-refractivity contribution >= 4 is 29.1 Å². The highest BCUT2D eigenvalue weighted by molar-refractivity contribution is 7.98. The summed E-state index contributed by atoms with van der Waals surface area (Å²) >= 11 is 7.19. The molecule has 1 fully saturated rings. The average Bonchev–Trinajstić information content (AvgIpc) is 2.92. The summed E-state index contributed by atoms with van der Waals surface area (Å²) in [7, 11) is 0. The Labute approximate surface area is 125 Å².